The summed E-state index contributed by atoms with van der Waals surface area (Å²) in [5.74, 6) is -0.250. The van der Waals surface area contributed by atoms with Crippen molar-refractivity contribution in [2.45, 2.75) is 45.1 Å². The van der Waals surface area contributed by atoms with Crippen molar-refractivity contribution < 1.29 is 14.7 Å². The van der Waals surface area contributed by atoms with E-state index in [4.69, 9.17) is 5.11 Å². The first-order valence-corrected chi connectivity index (χ1v) is 6.91. The summed E-state index contributed by atoms with van der Waals surface area (Å²) in [6.45, 7) is 4.00. The first kappa shape index (κ1) is 13.2. The molecule has 0 aromatic carbocycles. The summed E-state index contributed by atoms with van der Waals surface area (Å²) in [6.07, 6.45) is 5.04. The average Bonchev–Trinajstić information content (AvgIpc) is 2.76. The molecule has 102 valence electrons. The standard InChI is InChI=1S/C13H22N2O3/c1-2-14(9-10-5-3-6-10)13(18)15-8-4-7-11(15)12(16)17/h10-11H,2-9H2,1H3,(H,16,17)/t11-/m1/s1. The maximum atomic E-state index is 12.4. The van der Waals surface area contributed by atoms with Gasteiger partial charge in [-0.05, 0) is 38.5 Å². The second kappa shape index (κ2) is 5.59. The minimum absolute atomic E-state index is 0.0886. The molecule has 1 aliphatic heterocycles. The Kier molecular flexibility index (Phi) is 4.09. The van der Waals surface area contributed by atoms with Crippen molar-refractivity contribution in [1.29, 1.82) is 0 Å². The third kappa shape index (κ3) is 2.60. The number of aliphatic carboxylic acids is 1. The first-order chi connectivity index (χ1) is 8.63. The van der Waals surface area contributed by atoms with Gasteiger partial charge in [0.15, 0.2) is 0 Å². The Morgan fingerprint density at radius 2 is 2.00 bits per heavy atom. The zero-order chi connectivity index (χ0) is 13.1. The molecule has 1 aliphatic carbocycles. The lowest BCUT2D eigenvalue weighted by atomic mass is 9.85. The topological polar surface area (TPSA) is 60.9 Å². The monoisotopic (exact) mass is 254 g/mol. The van der Waals surface area contributed by atoms with Gasteiger partial charge in [0.05, 0.1) is 0 Å². The number of amides is 2. The zero-order valence-corrected chi connectivity index (χ0v) is 11.0. The van der Waals surface area contributed by atoms with Crippen LogP contribution in [0, 0.1) is 5.92 Å². The number of carboxylic acid groups (broad SMARTS) is 1. The van der Waals surface area contributed by atoms with Gasteiger partial charge in [-0.1, -0.05) is 6.42 Å². The molecule has 0 aromatic rings. The van der Waals surface area contributed by atoms with E-state index in [0.29, 0.717) is 25.4 Å². The highest BCUT2D eigenvalue weighted by atomic mass is 16.4. The van der Waals surface area contributed by atoms with Crippen LogP contribution >= 0.6 is 0 Å². The van der Waals surface area contributed by atoms with Crippen molar-refractivity contribution in [3.05, 3.63) is 0 Å². The summed E-state index contributed by atoms with van der Waals surface area (Å²) in [7, 11) is 0. The Hall–Kier alpha value is -1.26. The van der Waals surface area contributed by atoms with Crippen molar-refractivity contribution in [3.63, 3.8) is 0 Å². The number of nitrogens with zero attached hydrogens (tertiary/aromatic N) is 2. The van der Waals surface area contributed by atoms with Gasteiger partial charge in [0.1, 0.15) is 6.04 Å². The number of rotatable bonds is 4. The predicted molar refractivity (Wildman–Crippen MR) is 67.3 cm³/mol. The molecule has 0 bridgehead atoms. The third-order valence-electron chi connectivity index (χ3n) is 4.14. The van der Waals surface area contributed by atoms with Crippen molar-refractivity contribution in [2.75, 3.05) is 19.6 Å². The smallest absolute Gasteiger partial charge is 0.326 e. The van der Waals surface area contributed by atoms with Crippen molar-refractivity contribution in [1.82, 2.24) is 9.80 Å². The third-order valence-corrected chi connectivity index (χ3v) is 4.14. The van der Waals surface area contributed by atoms with Gasteiger partial charge >= 0.3 is 12.0 Å². The van der Waals surface area contributed by atoms with Gasteiger partial charge in [0.2, 0.25) is 0 Å². The lowest BCUT2D eigenvalue weighted by Crippen LogP contribution is -2.49. The summed E-state index contributed by atoms with van der Waals surface area (Å²) in [5.41, 5.74) is 0. The number of carbonyl (C=O) groups is 2. The predicted octanol–water partition coefficient (Wildman–Crippen LogP) is 1.78. The van der Waals surface area contributed by atoms with Crippen LogP contribution in [0.2, 0.25) is 0 Å². The largest absolute Gasteiger partial charge is 0.480 e. The van der Waals surface area contributed by atoms with Crippen LogP contribution in [0.3, 0.4) is 0 Å². The van der Waals surface area contributed by atoms with Crippen LogP contribution in [-0.2, 0) is 4.79 Å². The highest BCUT2D eigenvalue weighted by molar-refractivity contribution is 5.83. The van der Waals surface area contributed by atoms with Gasteiger partial charge in [0.25, 0.3) is 0 Å². The fourth-order valence-electron chi connectivity index (χ4n) is 2.76. The second-order valence-electron chi connectivity index (χ2n) is 5.31. The van der Waals surface area contributed by atoms with E-state index in [1.165, 1.54) is 24.2 Å². The molecule has 1 N–H and O–H groups in total. The quantitative estimate of drug-likeness (QED) is 0.831. The molecule has 2 aliphatic rings. The molecule has 2 fully saturated rings. The summed E-state index contributed by atoms with van der Waals surface area (Å²) < 4.78 is 0. The maximum Gasteiger partial charge on any atom is 0.326 e. The van der Waals surface area contributed by atoms with Crippen LogP contribution in [0.25, 0.3) is 0 Å². The summed E-state index contributed by atoms with van der Waals surface area (Å²) in [4.78, 5) is 26.8. The van der Waals surface area contributed by atoms with Gasteiger partial charge in [-0.3, -0.25) is 0 Å². The minimum atomic E-state index is -0.874. The van der Waals surface area contributed by atoms with Crippen molar-refractivity contribution in [3.8, 4) is 0 Å². The van der Waals surface area contributed by atoms with Crippen LogP contribution in [0.5, 0.6) is 0 Å². The Balaban J connectivity index is 1.96. The van der Waals surface area contributed by atoms with E-state index in [1.54, 1.807) is 0 Å². The van der Waals surface area contributed by atoms with Crippen molar-refractivity contribution in [2.24, 2.45) is 5.92 Å². The lowest BCUT2D eigenvalue weighted by Gasteiger charge is -2.35. The molecule has 1 saturated heterocycles. The molecule has 18 heavy (non-hydrogen) atoms. The normalized spacial score (nSPS) is 23.8. The molecule has 1 heterocycles. The van der Waals surface area contributed by atoms with Crippen LogP contribution in [0.4, 0.5) is 4.79 Å². The van der Waals surface area contributed by atoms with Crippen molar-refractivity contribution >= 4 is 12.0 Å². The minimum Gasteiger partial charge on any atom is -0.480 e. The highest BCUT2D eigenvalue weighted by Crippen LogP contribution is 2.28. The van der Waals surface area contributed by atoms with E-state index in [-0.39, 0.29) is 6.03 Å². The molecule has 2 rings (SSSR count). The van der Waals surface area contributed by atoms with Crippen LogP contribution in [0.15, 0.2) is 0 Å². The number of carbonyl (C=O) groups excluding carboxylic acids is 1. The average molecular weight is 254 g/mol. The maximum absolute atomic E-state index is 12.4. The number of carboxylic acids is 1. The fraction of sp³-hybridized carbons (Fsp3) is 0.846. The van der Waals surface area contributed by atoms with E-state index >= 15 is 0 Å². The van der Waals surface area contributed by atoms with Gasteiger partial charge in [-0.15, -0.1) is 0 Å². The Morgan fingerprint density at radius 1 is 1.28 bits per heavy atom. The Labute approximate surface area is 108 Å². The summed E-state index contributed by atoms with van der Waals surface area (Å²) >= 11 is 0. The molecule has 0 radical (unpaired) electrons. The molecule has 0 unspecified atom stereocenters. The number of likely N-dealkylation sites (tertiary alicyclic amines) is 1. The van der Waals surface area contributed by atoms with Crippen LogP contribution in [-0.4, -0.2) is 52.6 Å². The summed E-state index contributed by atoms with van der Waals surface area (Å²) in [6, 6.07) is -0.706. The first-order valence-electron chi connectivity index (χ1n) is 6.91. The number of urea groups is 1. The second-order valence-corrected chi connectivity index (χ2v) is 5.31. The van der Waals surface area contributed by atoms with Gasteiger partial charge in [-0.25, -0.2) is 9.59 Å². The number of hydrogen-bond acceptors (Lipinski definition) is 2. The molecule has 1 atom stereocenters. The fourth-order valence-corrected chi connectivity index (χ4v) is 2.76. The van der Waals surface area contributed by atoms with E-state index in [2.05, 4.69) is 0 Å². The van der Waals surface area contributed by atoms with E-state index in [9.17, 15) is 9.59 Å². The molecular weight excluding hydrogens is 232 g/mol. The Bertz CT molecular complexity index is 328. The van der Waals surface area contributed by atoms with E-state index < -0.39 is 12.0 Å². The number of hydrogen-bond donors (Lipinski definition) is 1. The lowest BCUT2D eigenvalue weighted by molar-refractivity contribution is -0.141. The molecular formula is C13H22N2O3. The molecule has 0 aromatic heterocycles. The molecule has 5 heteroatoms. The molecule has 0 spiro atoms. The molecule has 1 saturated carbocycles. The van der Waals surface area contributed by atoms with Crippen LogP contribution < -0.4 is 0 Å². The Morgan fingerprint density at radius 3 is 2.50 bits per heavy atom. The highest BCUT2D eigenvalue weighted by Gasteiger charge is 2.36. The SMILES string of the molecule is CCN(CC1CCC1)C(=O)N1CCC[C@@H]1C(=O)O. The van der Waals surface area contributed by atoms with E-state index in [0.717, 1.165) is 13.0 Å². The van der Waals surface area contributed by atoms with Gasteiger partial charge in [-0.2, -0.15) is 0 Å². The zero-order valence-electron chi connectivity index (χ0n) is 11.0. The van der Waals surface area contributed by atoms with E-state index in [1.807, 2.05) is 11.8 Å². The molecule has 5 nitrogen and oxygen atoms in total. The molecule has 2 amide bonds. The summed E-state index contributed by atoms with van der Waals surface area (Å²) in [5, 5.41) is 9.11. The van der Waals surface area contributed by atoms with Gasteiger partial charge in [0, 0.05) is 19.6 Å². The van der Waals surface area contributed by atoms with Crippen LogP contribution in [0.1, 0.15) is 39.0 Å². The van der Waals surface area contributed by atoms with Gasteiger partial charge < -0.3 is 14.9 Å².